The second kappa shape index (κ2) is 5.75. The summed E-state index contributed by atoms with van der Waals surface area (Å²) in [5.74, 6) is 0.356. The number of aromatic nitrogens is 2. The molecule has 1 aliphatic heterocycles. The summed E-state index contributed by atoms with van der Waals surface area (Å²) in [4.78, 5) is 13.8. The molecular weight excluding hydrogens is 270 g/mol. The lowest BCUT2D eigenvalue weighted by Gasteiger charge is -2.33. The molecule has 21 heavy (non-hydrogen) atoms. The van der Waals surface area contributed by atoms with Crippen LogP contribution in [0.25, 0.3) is 0 Å². The van der Waals surface area contributed by atoms with E-state index in [0.717, 1.165) is 19.4 Å². The van der Waals surface area contributed by atoms with E-state index >= 15 is 0 Å². The molecule has 6 heteroatoms. The molecule has 0 spiro atoms. The highest BCUT2D eigenvalue weighted by Gasteiger charge is 2.47. The molecule has 1 aliphatic rings. The Balaban J connectivity index is 2.17. The van der Waals surface area contributed by atoms with Gasteiger partial charge in [0.05, 0.1) is 6.54 Å². The smallest absolute Gasteiger partial charge is 0.324 e. The van der Waals surface area contributed by atoms with Gasteiger partial charge in [0, 0.05) is 5.41 Å². The summed E-state index contributed by atoms with van der Waals surface area (Å²) in [6.07, 6.45) is 3.09. The predicted octanol–water partition coefficient (Wildman–Crippen LogP) is 2.59. The molecule has 1 saturated heterocycles. The summed E-state index contributed by atoms with van der Waals surface area (Å²) in [6.45, 7) is 9.23. The summed E-state index contributed by atoms with van der Waals surface area (Å²) in [5.41, 5.74) is -0.964. The summed E-state index contributed by atoms with van der Waals surface area (Å²) in [7, 11) is 0. The Hall–Kier alpha value is -1.43. The number of aliphatic carboxylic acids is 1. The Kier molecular flexibility index (Phi) is 4.37. The molecule has 1 fully saturated rings. The standard InChI is InChI=1S/C15H25N3O3/c1-5-7-15(13(19)20)8-6-9-18(15)10-11-16-17-12(21-11)14(2,3)4/h5-10H2,1-4H3,(H,19,20). The second-order valence-electron chi connectivity index (χ2n) is 6.86. The minimum atomic E-state index is -0.773. The molecule has 0 aliphatic carbocycles. The van der Waals surface area contributed by atoms with E-state index in [9.17, 15) is 9.90 Å². The molecule has 0 amide bonds. The van der Waals surface area contributed by atoms with Crippen LogP contribution in [0, 0.1) is 0 Å². The SMILES string of the molecule is CCCC1(C(=O)O)CCCN1Cc1nnc(C(C)(C)C)o1. The minimum absolute atomic E-state index is 0.191. The van der Waals surface area contributed by atoms with Crippen molar-refractivity contribution in [2.24, 2.45) is 0 Å². The van der Waals surface area contributed by atoms with Gasteiger partial charge in [0.2, 0.25) is 11.8 Å². The van der Waals surface area contributed by atoms with E-state index in [1.807, 2.05) is 32.6 Å². The van der Waals surface area contributed by atoms with Crippen LogP contribution in [-0.2, 0) is 16.8 Å². The highest BCUT2D eigenvalue weighted by atomic mass is 16.4. The first-order chi connectivity index (χ1) is 9.79. The average Bonchev–Trinajstić information content (AvgIpc) is 2.98. The zero-order chi connectivity index (χ0) is 15.7. The summed E-state index contributed by atoms with van der Waals surface area (Å²) in [5, 5.41) is 17.8. The number of carboxylic acid groups (broad SMARTS) is 1. The van der Waals surface area contributed by atoms with Crippen molar-refractivity contribution < 1.29 is 14.3 Å². The van der Waals surface area contributed by atoms with E-state index in [-0.39, 0.29) is 5.41 Å². The van der Waals surface area contributed by atoms with Gasteiger partial charge in [0.15, 0.2) is 0 Å². The summed E-state index contributed by atoms with van der Waals surface area (Å²) >= 11 is 0. The van der Waals surface area contributed by atoms with E-state index in [1.54, 1.807) is 0 Å². The van der Waals surface area contributed by atoms with Gasteiger partial charge in [-0.25, -0.2) is 0 Å². The molecule has 0 saturated carbocycles. The maximum Gasteiger partial charge on any atom is 0.324 e. The van der Waals surface area contributed by atoms with E-state index in [4.69, 9.17) is 4.42 Å². The minimum Gasteiger partial charge on any atom is -0.480 e. The van der Waals surface area contributed by atoms with Crippen molar-refractivity contribution in [2.75, 3.05) is 6.54 Å². The van der Waals surface area contributed by atoms with E-state index < -0.39 is 11.5 Å². The molecule has 118 valence electrons. The van der Waals surface area contributed by atoms with Crippen LogP contribution < -0.4 is 0 Å². The number of hydrogen-bond acceptors (Lipinski definition) is 5. The van der Waals surface area contributed by atoms with Crippen LogP contribution in [0.5, 0.6) is 0 Å². The van der Waals surface area contributed by atoms with E-state index in [1.165, 1.54) is 0 Å². The van der Waals surface area contributed by atoms with Crippen molar-refractivity contribution in [1.29, 1.82) is 0 Å². The first-order valence-electron chi connectivity index (χ1n) is 7.61. The van der Waals surface area contributed by atoms with E-state index in [2.05, 4.69) is 10.2 Å². The lowest BCUT2D eigenvalue weighted by molar-refractivity contribution is -0.150. The van der Waals surface area contributed by atoms with Gasteiger partial charge in [-0.15, -0.1) is 10.2 Å². The third-order valence-corrected chi connectivity index (χ3v) is 4.12. The lowest BCUT2D eigenvalue weighted by atomic mass is 9.90. The molecule has 6 nitrogen and oxygen atoms in total. The van der Waals surface area contributed by atoms with Crippen molar-refractivity contribution in [2.45, 2.75) is 70.9 Å². The fourth-order valence-corrected chi connectivity index (χ4v) is 2.99. The Morgan fingerprint density at radius 3 is 2.67 bits per heavy atom. The fraction of sp³-hybridized carbons (Fsp3) is 0.800. The molecule has 1 atom stereocenters. The van der Waals surface area contributed by atoms with Gasteiger partial charge in [-0.1, -0.05) is 34.1 Å². The maximum atomic E-state index is 11.8. The second-order valence-corrected chi connectivity index (χ2v) is 6.86. The largest absolute Gasteiger partial charge is 0.480 e. The summed E-state index contributed by atoms with van der Waals surface area (Å²) < 4.78 is 5.70. The predicted molar refractivity (Wildman–Crippen MR) is 77.9 cm³/mol. The average molecular weight is 295 g/mol. The van der Waals surface area contributed by atoms with E-state index in [0.29, 0.717) is 31.2 Å². The topological polar surface area (TPSA) is 79.5 Å². The Morgan fingerprint density at radius 1 is 1.43 bits per heavy atom. The van der Waals surface area contributed by atoms with Crippen LogP contribution >= 0.6 is 0 Å². The molecule has 0 aromatic carbocycles. The number of likely N-dealkylation sites (tertiary alicyclic amines) is 1. The van der Waals surface area contributed by atoms with Gasteiger partial charge in [-0.3, -0.25) is 9.69 Å². The number of carboxylic acids is 1. The van der Waals surface area contributed by atoms with Gasteiger partial charge in [-0.2, -0.15) is 0 Å². The molecule has 1 aromatic rings. The molecule has 2 rings (SSSR count). The molecule has 1 N–H and O–H groups in total. The van der Waals surface area contributed by atoms with Crippen molar-refractivity contribution >= 4 is 5.97 Å². The maximum absolute atomic E-state index is 11.8. The van der Waals surface area contributed by atoms with Crippen molar-refractivity contribution in [1.82, 2.24) is 15.1 Å². The van der Waals surface area contributed by atoms with Gasteiger partial charge in [0.1, 0.15) is 5.54 Å². The van der Waals surface area contributed by atoms with Crippen molar-refractivity contribution in [3.63, 3.8) is 0 Å². The van der Waals surface area contributed by atoms with Gasteiger partial charge in [-0.05, 0) is 25.8 Å². The fourth-order valence-electron chi connectivity index (χ4n) is 2.99. The highest BCUT2D eigenvalue weighted by molar-refractivity contribution is 5.79. The van der Waals surface area contributed by atoms with Crippen LogP contribution in [0.2, 0.25) is 0 Å². The zero-order valence-corrected chi connectivity index (χ0v) is 13.3. The Labute approximate surface area is 125 Å². The van der Waals surface area contributed by atoms with Crippen LogP contribution in [0.4, 0.5) is 0 Å². The number of carbonyl (C=O) groups is 1. The molecular formula is C15H25N3O3. The molecule has 1 aromatic heterocycles. The van der Waals surface area contributed by atoms with Crippen LogP contribution in [0.3, 0.4) is 0 Å². The Bertz CT molecular complexity index is 507. The quantitative estimate of drug-likeness (QED) is 0.899. The van der Waals surface area contributed by atoms with Gasteiger partial charge >= 0.3 is 5.97 Å². The van der Waals surface area contributed by atoms with Crippen LogP contribution in [0.1, 0.15) is 65.2 Å². The van der Waals surface area contributed by atoms with Crippen molar-refractivity contribution in [3.8, 4) is 0 Å². The number of nitrogens with zero attached hydrogens (tertiary/aromatic N) is 3. The number of hydrogen-bond donors (Lipinski definition) is 1. The van der Waals surface area contributed by atoms with Crippen LogP contribution in [-0.4, -0.2) is 38.3 Å². The molecule has 0 bridgehead atoms. The van der Waals surface area contributed by atoms with Gasteiger partial charge in [0.25, 0.3) is 0 Å². The number of rotatable bonds is 5. The highest BCUT2D eigenvalue weighted by Crippen LogP contribution is 2.35. The normalized spacial score (nSPS) is 23.6. The molecule has 1 unspecified atom stereocenters. The van der Waals surface area contributed by atoms with Gasteiger partial charge < -0.3 is 9.52 Å². The molecule has 0 radical (unpaired) electrons. The third-order valence-electron chi connectivity index (χ3n) is 4.12. The monoisotopic (exact) mass is 295 g/mol. The third kappa shape index (κ3) is 3.10. The zero-order valence-electron chi connectivity index (χ0n) is 13.3. The lowest BCUT2D eigenvalue weighted by Crippen LogP contribution is -2.50. The summed E-state index contributed by atoms with van der Waals surface area (Å²) in [6, 6.07) is 0. The molecule has 2 heterocycles. The first kappa shape index (κ1) is 15.9. The van der Waals surface area contributed by atoms with Crippen molar-refractivity contribution in [3.05, 3.63) is 11.8 Å². The first-order valence-corrected chi connectivity index (χ1v) is 7.61. The van der Waals surface area contributed by atoms with Crippen LogP contribution in [0.15, 0.2) is 4.42 Å². The Morgan fingerprint density at radius 2 is 2.14 bits per heavy atom.